The fourth-order valence-corrected chi connectivity index (χ4v) is 5.19. The van der Waals surface area contributed by atoms with Gasteiger partial charge in [-0.15, -0.1) is 0 Å². The minimum Gasteiger partial charge on any atom is -0.0622 e. The average Bonchev–Trinajstić information content (AvgIpc) is 2.51. The van der Waals surface area contributed by atoms with Crippen molar-refractivity contribution in [2.75, 3.05) is 0 Å². The molecular formula is C14H24. The monoisotopic (exact) mass is 192 g/mol. The van der Waals surface area contributed by atoms with Gasteiger partial charge >= 0.3 is 0 Å². The summed E-state index contributed by atoms with van der Waals surface area (Å²) in [6.45, 7) is 9.99. The standard InChI is InChI=1S/C14H24/c1-7-5-11-12-6-8(2)10(4)14(12)13(11)9(7)3/h7-14H,5-6H2,1-4H3/t7-,8+,9?,10?,11-,12?,13?,14?/m0/s1. The second-order valence-electron chi connectivity index (χ2n) is 6.63. The van der Waals surface area contributed by atoms with Crippen molar-refractivity contribution < 1.29 is 0 Å². The van der Waals surface area contributed by atoms with Crippen LogP contribution < -0.4 is 0 Å². The first-order chi connectivity index (χ1) is 6.61. The lowest BCUT2D eigenvalue weighted by Gasteiger charge is -2.49. The molecule has 0 N–H and O–H groups in total. The molecule has 0 aromatic rings. The molecule has 3 fully saturated rings. The third-order valence-electron chi connectivity index (χ3n) is 6.28. The Labute approximate surface area is 88.5 Å². The maximum Gasteiger partial charge on any atom is -0.0321 e. The first kappa shape index (κ1) is 9.24. The van der Waals surface area contributed by atoms with Gasteiger partial charge in [0.25, 0.3) is 0 Å². The van der Waals surface area contributed by atoms with Gasteiger partial charge < -0.3 is 0 Å². The summed E-state index contributed by atoms with van der Waals surface area (Å²) in [6, 6.07) is 0. The van der Waals surface area contributed by atoms with Crippen LogP contribution in [0.15, 0.2) is 0 Å². The van der Waals surface area contributed by atoms with Crippen LogP contribution in [0.2, 0.25) is 0 Å². The molecule has 5 unspecified atom stereocenters. The van der Waals surface area contributed by atoms with E-state index in [1.807, 2.05) is 0 Å². The van der Waals surface area contributed by atoms with Crippen molar-refractivity contribution >= 4 is 0 Å². The highest BCUT2D eigenvalue weighted by Crippen LogP contribution is 2.67. The van der Waals surface area contributed by atoms with E-state index in [9.17, 15) is 0 Å². The van der Waals surface area contributed by atoms with Crippen molar-refractivity contribution in [3.8, 4) is 0 Å². The zero-order valence-electron chi connectivity index (χ0n) is 10.0. The van der Waals surface area contributed by atoms with Crippen LogP contribution >= 0.6 is 0 Å². The van der Waals surface area contributed by atoms with Gasteiger partial charge in [-0.05, 0) is 60.2 Å². The van der Waals surface area contributed by atoms with Crippen molar-refractivity contribution in [1.82, 2.24) is 0 Å². The van der Waals surface area contributed by atoms with Crippen LogP contribution in [-0.4, -0.2) is 0 Å². The summed E-state index contributed by atoms with van der Waals surface area (Å²) in [4.78, 5) is 0. The van der Waals surface area contributed by atoms with E-state index in [0.717, 1.165) is 47.3 Å². The molecule has 0 nitrogen and oxygen atoms in total. The molecule has 0 aromatic carbocycles. The first-order valence-electron chi connectivity index (χ1n) is 6.61. The maximum atomic E-state index is 2.52. The maximum absolute atomic E-state index is 2.52. The van der Waals surface area contributed by atoms with E-state index in [0.29, 0.717) is 0 Å². The van der Waals surface area contributed by atoms with E-state index < -0.39 is 0 Å². The number of fused-ring (bicyclic) bond motifs is 4. The van der Waals surface area contributed by atoms with Gasteiger partial charge in [-0.3, -0.25) is 0 Å². The largest absolute Gasteiger partial charge is 0.0622 e. The van der Waals surface area contributed by atoms with E-state index in [1.54, 1.807) is 12.8 Å². The zero-order chi connectivity index (χ0) is 10.0. The van der Waals surface area contributed by atoms with Crippen LogP contribution in [0.5, 0.6) is 0 Å². The SMILES string of the molecule is CC1C2C(C[C@H]1C)[C@@H]1C[C@H](C)C(C)C21. The molecule has 80 valence electrons. The van der Waals surface area contributed by atoms with E-state index in [1.165, 1.54) is 0 Å². The van der Waals surface area contributed by atoms with Gasteiger partial charge in [-0.2, -0.15) is 0 Å². The van der Waals surface area contributed by atoms with Crippen molar-refractivity contribution in [3.05, 3.63) is 0 Å². The highest BCUT2D eigenvalue weighted by atomic mass is 14.7. The molecule has 0 heterocycles. The van der Waals surface area contributed by atoms with Crippen molar-refractivity contribution in [2.24, 2.45) is 47.3 Å². The fourth-order valence-electron chi connectivity index (χ4n) is 5.19. The Balaban J connectivity index is 1.84. The molecule has 8 atom stereocenters. The van der Waals surface area contributed by atoms with Gasteiger partial charge in [0.05, 0.1) is 0 Å². The normalized spacial score (nSPS) is 66.0. The summed E-state index contributed by atoms with van der Waals surface area (Å²) in [5.41, 5.74) is 0. The number of hydrogen-bond donors (Lipinski definition) is 0. The van der Waals surface area contributed by atoms with Crippen LogP contribution in [0, 0.1) is 47.3 Å². The molecular weight excluding hydrogens is 168 g/mol. The van der Waals surface area contributed by atoms with Crippen LogP contribution in [0.25, 0.3) is 0 Å². The van der Waals surface area contributed by atoms with Gasteiger partial charge in [0.1, 0.15) is 0 Å². The van der Waals surface area contributed by atoms with Crippen molar-refractivity contribution in [1.29, 1.82) is 0 Å². The van der Waals surface area contributed by atoms with Gasteiger partial charge in [0.2, 0.25) is 0 Å². The highest BCUT2D eigenvalue weighted by molar-refractivity contribution is 5.09. The molecule has 3 aliphatic rings. The van der Waals surface area contributed by atoms with Crippen molar-refractivity contribution in [3.63, 3.8) is 0 Å². The predicted molar refractivity (Wildman–Crippen MR) is 59.9 cm³/mol. The Morgan fingerprint density at radius 2 is 1.00 bits per heavy atom. The Kier molecular flexibility index (Phi) is 1.83. The molecule has 0 aliphatic heterocycles. The number of rotatable bonds is 0. The van der Waals surface area contributed by atoms with Gasteiger partial charge in [-0.25, -0.2) is 0 Å². The lowest BCUT2D eigenvalue weighted by molar-refractivity contribution is -0.0149. The Hall–Kier alpha value is 0. The molecule has 0 heteroatoms. The average molecular weight is 192 g/mol. The minimum absolute atomic E-state index is 1.01. The predicted octanol–water partition coefficient (Wildman–Crippen LogP) is 3.82. The highest BCUT2D eigenvalue weighted by Gasteiger charge is 2.61. The summed E-state index contributed by atoms with van der Waals surface area (Å²) < 4.78 is 0. The van der Waals surface area contributed by atoms with E-state index in [-0.39, 0.29) is 0 Å². The second-order valence-corrected chi connectivity index (χ2v) is 6.63. The summed E-state index contributed by atoms with van der Waals surface area (Å²) in [6.07, 6.45) is 3.10. The topological polar surface area (TPSA) is 0 Å². The third kappa shape index (κ3) is 0.907. The Morgan fingerprint density at radius 3 is 1.36 bits per heavy atom. The summed E-state index contributed by atoms with van der Waals surface area (Å²) in [7, 11) is 0. The Morgan fingerprint density at radius 1 is 0.643 bits per heavy atom. The van der Waals surface area contributed by atoms with E-state index >= 15 is 0 Å². The van der Waals surface area contributed by atoms with E-state index in [2.05, 4.69) is 27.7 Å². The fraction of sp³-hybridized carbons (Fsp3) is 1.00. The zero-order valence-corrected chi connectivity index (χ0v) is 10.0. The first-order valence-corrected chi connectivity index (χ1v) is 6.61. The molecule has 0 saturated heterocycles. The molecule has 14 heavy (non-hydrogen) atoms. The summed E-state index contributed by atoms with van der Waals surface area (Å²) in [5.74, 6) is 8.58. The molecule has 0 aromatic heterocycles. The molecule has 0 bridgehead atoms. The van der Waals surface area contributed by atoms with Gasteiger partial charge in [0, 0.05) is 0 Å². The van der Waals surface area contributed by atoms with Gasteiger partial charge in [0.15, 0.2) is 0 Å². The quantitative estimate of drug-likeness (QED) is 0.547. The Bertz CT molecular complexity index is 218. The molecule has 0 amide bonds. The van der Waals surface area contributed by atoms with Crippen molar-refractivity contribution in [2.45, 2.75) is 40.5 Å². The molecule has 3 rings (SSSR count). The van der Waals surface area contributed by atoms with Crippen LogP contribution in [0.3, 0.4) is 0 Å². The molecule has 3 saturated carbocycles. The second kappa shape index (κ2) is 2.77. The number of hydrogen-bond acceptors (Lipinski definition) is 0. The van der Waals surface area contributed by atoms with E-state index in [4.69, 9.17) is 0 Å². The lowest BCUT2D eigenvalue weighted by atomic mass is 9.56. The van der Waals surface area contributed by atoms with Crippen LogP contribution in [0.1, 0.15) is 40.5 Å². The van der Waals surface area contributed by atoms with Gasteiger partial charge in [-0.1, -0.05) is 27.7 Å². The lowest BCUT2D eigenvalue weighted by Crippen LogP contribution is -2.44. The molecule has 3 aliphatic carbocycles. The minimum atomic E-state index is 1.01. The summed E-state index contributed by atoms with van der Waals surface area (Å²) >= 11 is 0. The smallest absolute Gasteiger partial charge is 0.0321 e. The van der Waals surface area contributed by atoms with Crippen LogP contribution in [0.4, 0.5) is 0 Å². The molecule has 0 spiro atoms. The van der Waals surface area contributed by atoms with Crippen LogP contribution in [-0.2, 0) is 0 Å². The third-order valence-corrected chi connectivity index (χ3v) is 6.28. The molecule has 0 radical (unpaired) electrons. The summed E-state index contributed by atoms with van der Waals surface area (Å²) in [5, 5.41) is 0.